The van der Waals surface area contributed by atoms with Crippen LogP contribution in [0.3, 0.4) is 0 Å². The number of ether oxygens (including phenoxy) is 3. The van der Waals surface area contributed by atoms with E-state index in [4.69, 9.17) is 14.2 Å². The number of hydrogen-bond donors (Lipinski definition) is 2. The van der Waals surface area contributed by atoms with Crippen LogP contribution in [0.1, 0.15) is 51.5 Å². The topological polar surface area (TPSA) is 127 Å². The molecule has 1 aromatic rings. The Hall–Kier alpha value is -3.08. The highest BCUT2D eigenvalue weighted by atomic mass is 16.6. The van der Waals surface area contributed by atoms with Gasteiger partial charge in [-0.25, -0.2) is 0 Å². The lowest BCUT2D eigenvalue weighted by atomic mass is 9.89. The Morgan fingerprint density at radius 2 is 1.78 bits per heavy atom. The lowest BCUT2D eigenvalue weighted by molar-refractivity contribution is -0.134. The van der Waals surface area contributed by atoms with Crippen LogP contribution in [-0.2, 0) is 35.1 Å². The van der Waals surface area contributed by atoms with Crippen LogP contribution in [0, 0.1) is 5.92 Å². The largest absolute Gasteiger partial charge is 0.497 e. The van der Waals surface area contributed by atoms with Gasteiger partial charge in [0.15, 0.2) is 11.6 Å². The van der Waals surface area contributed by atoms with E-state index in [0.717, 1.165) is 30.4 Å². The first-order valence-corrected chi connectivity index (χ1v) is 14.6. The molecule has 1 aliphatic carbocycles. The number of nitrogens with zero attached hydrogens (tertiary/aromatic N) is 1. The fourth-order valence-electron chi connectivity index (χ4n) is 5.36. The predicted octanol–water partition coefficient (Wildman–Crippen LogP) is 1.99. The maximum absolute atomic E-state index is 13.7. The number of amides is 2. The summed E-state index contributed by atoms with van der Waals surface area (Å²) in [5.41, 5.74) is 1.14. The monoisotopic (exact) mass is 569 g/mol. The van der Waals surface area contributed by atoms with Crippen LogP contribution in [0.15, 0.2) is 35.9 Å². The minimum absolute atomic E-state index is 0.0752. The first-order chi connectivity index (χ1) is 19.7. The summed E-state index contributed by atoms with van der Waals surface area (Å²) in [5.74, 6) is -1.02. The van der Waals surface area contributed by atoms with Crippen molar-refractivity contribution in [1.82, 2.24) is 15.5 Å². The van der Waals surface area contributed by atoms with E-state index in [1.807, 2.05) is 29.2 Å². The van der Waals surface area contributed by atoms with E-state index in [0.29, 0.717) is 51.5 Å². The van der Waals surface area contributed by atoms with Gasteiger partial charge in [-0.15, -0.1) is 0 Å². The van der Waals surface area contributed by atoms with Crippen LogP contribution in [0.5, 0.6) is 5.75 Å². The number of rotatable bonds is 15. The van der Waals surface area contributed by atoms with E-state index in [-0.39, 0.29) is 36.3 Å². The van der Waals surface area contributed by atoms with Gasteiger partial charge in [0.25, 0.3) is 0 Å². The van der Waals surface area contributed by atoms with Gasteiger partial charge >= 0.3 is 0 Å². The summed E-state index contributed by atoms with van der Waals surface area (Å²) in [6.07, 6.45) is 5.74. The van der Waals surface area contributed by atoms with Gasteiger partial charge in [-0.1, -0.05) is 23.8 Å². The molecule has 2 aliphatic heterocycles. The van der Waals surface area contributed by atoms with E-state index in [1.54, 1.807) is 21.0 Å². The lowest BCUT2D eigenvalue weighted by Crippen LogP contribution is -2.50. The van der Waals surface area contributed by atoms with Gasteiger partial charge in [-0.3, -0.25) is 24.1 Å². The van der Waals surface area contributed by atoms with E-state index in [1.165, 1.54) is 0 Å². The molecular weight excluding hydrogens is 526 g/mol. The second-order valence-electron chi connectivity index (χ2n) is 11.5. The molecule has 2 amide bonds. The van der Waals surface area contributed by atoms with E-state index >= 15 is 0 Å². The summed E-state index contributed by atoms with van der Waals surface area (Å²) in [6.45, 7) is 6.42. The zero-order chi connectivity index (χ0) is 29.4. The highest BCUT2D eigenvalue weighted by Crippen LogP contribution is 2.31. The van der Waals surface area contributed by atoms with Crippen LogP contribution >= 0.6 is 0 Å². The normalized spacial score (nSPS) is 22.7. The molecule has 3 aliphatic rings. The highest BCUT2D eigenvalue weighted by Gasteiger charge is 2.50. The molecular formula is C31H43N3O7. The molecule has 2 saturated heterocycles. The van der Waals surface area contributed by atoms with Gasteiger partial charge in [0.05, 0.1) is 45.6 Å². The quantitative estimate of drug-likeness (QED) is 0.243. The van der Waals surface area contributed by atoms with Crippen molar-refractivity contribution in [2.45, 2.75) is 70.1 Å². The van der Waals surface area contributed by atoms with Crippen molar-refractivity contribution >= 4 is 23.4 Å². The molecule has 224 valence electrons. The van der Waals surface area contributed by atoms with Crippen molar-refractivity contribution in [3.05, 3.63) is 41.5 Å². The lowest BCUT2D eigenvalue weighted by Gasteiger charge is -2.27. The highest BCUT2D eigenvalue weighted by molar-refractivity contribution is 5.98. The van der Waals surface area contributed by atoms with E-state index in [9.17, 15) is 19.2 Å². The molecule has 0 aromatic heterocycles. The average Bonchev–Trinajstić information content (AvgIpc) is 3.51. The zero-order valence-electron chi connectivity index (χ0n) is 24.4. The van der Waals surface area contributed by atoms with Crippen molar-refractivity contribution in [2.24, 2.45) is 5.92 Å². The summed E-state index contributed by atoms with van der Waals surface area (Å²) < 4.78 is 16.0. The summed E-state index contributed by atoms with van der Waals surface area (Å²) in [5, 5.41) is 5.77. The van der Waals surface area contributed by atoms with Gasteiger partial charge in [-0.2, -0.15) is 0 Å². The third-order valence-corrected chi connectivity index (χ3v) is 8.12. The molecule has 4 atom stereocenters. The number of benzene rings is 1. The molecule has 0 unspecified atom stereocenters. The molecule has 0 saturated carbocycles. The fourth-order valence-corrected chi connectivity index (χ4v) is 5.36. The summed E-state index contributed by atoms with van der Waals surface area (Å²) in [7, 11) is 1.58. The minimum Gasteiger partial charge on any atom is -0.497 e. The Balaban J connectivity index is 1.44. The molecule has 2 N–H and O–H groups in total. The van der Waals surface area contributed by atoms with Crippen LogP contribution in [0.2, 0.25) is 0 Å². The Labute approximate surface area is 242 Å². The van der Waals surface area contributed by atoms with Crippen LogP contribution < -0.4 is 15.4 Å². The Morgan fingerprint density at radius 3 is 2.39 bits per heavy atom. The maximum atomic E-state index is 13.7. The molecule has 10 heteroatoms. The maximum Gasteiger partial charge on any atom is 0.234 e. The van der Waals surface area contributed by atoms with Crippen LogP contribution in [0.25, 0.3) is 0 Å². The first kappa shape index (κ1) is 30.9. The SMILES string of the molecule is COc1ccc(C[C@H](CC(=O)[C@H](C)NC(=O)CN2CCOCC2)C(=O)N[C@@H](CC2=CCCC2)C(=O)[C@]2(C)CO2)cc1. The molecule has 4 rings (SSSR count). The number of morpholine rings is 1. The Bertz CT molecular complexity index is 1120. The zero-order valence-corrected chi connectivity index (χ0v) is 24.4. The number of hydrogen-bond acceptors (Lipinski definition) is 8. The molecule has 0 radical (unpaired) electrons. The fraction of sp³-hybridized carbons (Fsp3) is 0.613. The smallest absolute Gasteiger partial charge is 0.234 e. The van der Waals surface area contributed by atoms with Crippen LogP contribution in [-0.4, -0.2) is 92.5 Å². The van der Waals surface area contributed by atoms with E-state index < -0.39 is 23.6 Å². The van der Waals surface area contributed by atoms with Gasteiger partial charge < -0.3 is 24.8 Å². The van der Waals surface area contributed by atoms with Gasteiger partial charge in [-0.05, 0) is 63.6 Å². The third-order valence-electron chi connectivity index (χ3n) is 8.12. The number of Topliss-reactive ketones (excluding diaryl/α,β-unsaturated/α-hetero) is 2. The molecule has 1 aromatic carbocycles. The van der Waals surface area contributed by atoms with Crippen molar-refractivity contribution in [2.75, 3.05) is 46.6 Å². The number of allylic oxidation sites excluding steroid dienone is 1. The minimum atomic E-state index is -0.877. The summed E-state index contributed by atoms with van der Waals surface area (Å²) >= 11 is 0. The second kappa shape index (κ2) is 14.2. The summed E-state index contributed by atoms with van der Waals surface area (Å²) in [6, 6.07) is 5.87. The molecule has 2 fully saturated rings. The molecule has 10 nitrogen and oxygen atoms in total. The van der Waals surface area contributed by atoms with Gasteiger partial charge in [0, 0.05) is 25.4 Å². The third kappa shape index (κ3) is 8.95. The van der Waals surface area contributed by atoms with Crippen molar-refractivity contribution in [3.8, 4) is 5.75 Å². The average molecular weight is 570 g/mol. The molecule has 2 heterocycles. The van der Waals surface area contributed by atoms with Crippen molar-refractivity contribution in [3.63, 3.8) is 0 Å². The van der Waals surface area contributed by atoms with Gasteiger partial charge in [0.1, 0.15) is 11.4 Å². The molecule has 41 heavy (non-hydrogen) atoms. The number of epoxide rings is 1. The second-order valence-corrected chi connectivity index (χ2v) is 11.5. The standard InChI is InChI=1S/C31H43N3O7/c1-21(32-28(36)19-34-12-14-40-15-13-34)27(35)18-24(16-23-8-10-25(39-3)11-9-23)30(38)33-26(17-22-6-4-5-7-22)29(37)31(2)20-41-31/h6,8-11,21,24,26H,4-5,7,12-20H2,1-3H3,(H,32,36)(H,33,38)/t21-,24+,26-,31-/m0/s1. The Morgan fingerprint density at radius 1 is 1.07 bits per heavy atom. The Kier molecular flexibility index (Phi) is 10.7. The molecule has 0 bridgehead atoms. The number of carbonyl (C=O) groups excluding carboxylic acids is 4. The number of nitrogens with one attached hydrogen (secondary N) is 2. The number of ketones is 2. The summed E-state index contributed by atoms with van der Waals surface area (Å²) in [4.78, 5) is 54.9. The van der Waals surface area contributed by atoms with Crippen molar-refractivity contribution in [1.29, 1.82) is 0 Å². The van der Waals surface area contributed by atoms with Gasteiger partial charge in [0.2, 0.25) is 11.8 Å². The number of carbonyl (C=O) groups is 4. The first-order valence-electron chi connectivity index (χ1n) is 14.6. The van der Waals surface area contributed by atoms with E-state index in [2.05, 4.69) is 16.7 Å². The predicted molar refractivity (Wildman–Crippen MR) is 153 cm³/mol. The number of methoxy groups -OCH3 is 1. The van der Waals surface area contributed by atoms with Crippen molar-refractivity contribution < 1.29 is 33.4 Å². The molecule has 0 spiro atoms. The van der Waals surface area contributed by atoms with Crippen LogP contribution in [0.4, 0.5) is 0 Å².